The normalized spacial score (nSPS) is 24.3. The minimum absolute atomic E-state index is 0.0417. The smallest absolute Gasteiger partial charge is 0.417 e. The Kier molecular flexibility index (Phi) is 9.36. The highest BCUT2D eigenvalue weighted by Crippen LogP contribution is 2.49. The number of ether oxygens (including phenoxy) is 4. The largest absolute Gasteiger partial charge is 0.472 e. The fourth-order valence-corrected chi connectivity index (χ4v) is 9.85. The van der Waals surface area contributed by atoms with E-state index < -0.39 is 35.9 Å². The first-order chi connectivity index (χ1) is 28.1. The number of alkyl halides is 4. The van der Waals surface area contributed by atoms with Gasteiger partial charge in [0.1, 0.15) is 36.0 Å². The van der Waals surface area contributed by atoms with Crippen LogP contribution in [0.2, 0.25) is 0 Å². The molecule has 58 heavy (non-hydrogen) atoms. The summed E-state index contributed by atoms with van der Waals surface area (Å²) in [5.41, 5.74) is 1.58. The highest BCUT2D eigenvalue weighted by molar-refractivity contribution is 6.14. The Morgan fingerprint density at radius 3 is 2.41 bits per heavy atom. The lowest BCUT2D eigenvalue weighted by Gasteiger charge is -2.30. The molecule has 0 spiro atoms. The fourth-order valence-electron chi connectivity index (χ4n) is 9.85. The lowest BCUT2D eigenvalue weighted by molar-refractivity contribution is -0.137. The molecule has 4 saturated heterocycles. The molecule has 4 fully saturated rings. The third-order valence-electron chi connectivity index (χ3n) is 12.5. The highest BCUT2D eigenvalue weighted by Gasteiger charge is 2.49. The van der Waals surface area contributed by atoms with Gasteiger partial charge in [0.25, 0.3) is 0 Å². The van der Waals surface area contributed by atoms with Gasteiger partial charge in [-0.15, -0.1) is 0 Å². The van der Waals surface area contributed by atoms with Gasteiger partial charge in [0.05, 0.1) is 28.3 Å². The lowest BCUT2D eigenvalue weighted by Crippen LogP contribution is -2.43. The molecule has 12 nitrogen and oxygen atoms in total. The number of fused-ring (bicyclic) bond motifs is 5. The number of aromatic nitrogens is 7. The predicted molar refractivity (Wildman–Crippen MR) is 207 cm³/mol. The summed E-state index contributed by atoms with van der Waals surface area (Å²) in [6.07, 6.45) is 1.88. The van der Waals surface area contributed by atoms with E-state index in [0.717, 1.165) is 50.6 Å². The Balaban J connectivity index is 1.21. The van der Waals surface area contributed by atoms with Crippen molar-refractivity contribution < 1.29 is 36.5 Å². The van der Waals surface area contributed by atoms with Gasteiger partial charge in [-0.1, -0.05) is 30.3 Å². The second kappa shape index (κ2) is 14.5. The van der Waals surface area contributed by atoms with Gasteiger partial charge < -0.3 is 23.5 Å². The van der Waals surface area contributed by atoms with Gasteiger partial charge in [0.15, 0.2) is 18.1 Å². The van der Waals surface area contributed by atoms with Crippen molar-refractivity contribution in [3.8, 4) is 23.1 Å². The molecule has 306 valence electrons. The first-order valence-electron chi connectivity index (χ1n) is 20.4. The average Bonchev–Trinajstić information content (AvgIpc) is 4.03. The maximum Gasteiger partial charge on any atom is 0.417 e. The molecule has 16 heteroatoms. The summed E-state index contributed by atoms with van der Waals surface area (Å²) in [6.45, 7) is 4.05. The summed E-state index contributed by atoms with van der Waals surface area (Å²) >= 11 is 0. The first kappa shape index (κ1) is 37.5. The van der Waals surface area contributed by atoms with E-state index in [4.69, 9.17) is 34.0 Å². The quantitative estimate of drug-likeness (QED) is 0.133. The molecule has 2 unspecified atom stereocenters. The monoisotopic (exact) mass is 802 g/mol. The van der Waals surface area contributed by atoms with Crippen LogP contribution in [0.25, 0.3) is 44.2 Å². The summed E-state index contributed by atoms with van der Waals surface area (Å²) in [6, 6.07) is 11.2. The molecule has 4 aliphatic rings. The van der Waals surface area contributed by atoms with E-state index in [9.17, 15) is 4.39 Å². The van der Waals surface area contributed by atoms with Crippen molar-refractivity contribution in [2.24, 2.45) is 7.05 Å². The minimum Gasteiger partial charge on any atom is -0.472 e. The molecule has 4 aromatic heterocycles. The van der Waals surface area contributed by atoms with Crippen molar-refractivity contribution in [2.45, 2.75) is 102 Å². The van der Waals surface area contributed by atoms with E-state index in [1.165, 1.54) is 13.1 Å². The zero-order chi connectivity index (χ0) is 39.8. The van der Waals surface area contributed by atoms with Crippen LogP contribution >= 0.6 is 0 Å². The van der Waals surface area contributed by atoms with E-state index >= 15 is 13.2 Å². The van der Waals surface area contributed by atoms with Crippen LogP contribution in [0.5, 0.6) is 11.9 Å². The van der Waals surface area contributed by atoms with Crippen molar-refractivity contribution >= 4 is 33.0 Å². The van der Waals surface area contributed by atoms with Crippen LogP contribution in [0.15, 0.2) is 42.6 Å². The molecule has 0 amide bonds. The van der Waals surface area contributed by atoms with E-state index in [1.54, 1.807) is 27.0 Å². The second-order valence-electron chi connectivity index (χ2n) is 16.3. The maximum absolute atomic E-state index is 15.5. The third kappa shape index (κ3) is 6.29. The Bertz CT molecular complexity index is 2490. The second-order valence-corrected chi connectivity index (χ2v) is 16.3. The Hall–Kier alpha value is -4.80. The number of halogens is 4. The Morgan fingerprint density at radius 1 is 0.931 bits per heavy atom. The van der Waals surface area contributed by atoms with Crippen LogP contribution in [0.1, 0.15) is 86.9 Å². The number of hydrogen-bond donors (Lipinski definition) is 0. The molecule has 0 saturated carbocycles. The van der Waals surface area contributed by atoms with Crippen molar-refractivity contribution in [3.05, 3.63) is 59.3 Å². The molecule has 6 aromatic rings. The molecule has 0 N–H and O–H groups in total. The van der Waals surface area contributed by atoms with Crippen LogP contribution < -0.4 is 9.47 Å². The molecule has 0 bridgehead atoms. The topological polar surface area (TPSA) is 107 Å². The molecular weight excluding hydrogens is 757 g/mol. The van der Waals surface area contributed by atoms with Gasteiger partial charge in [0, 0.05) is 44.2 Å². The SMILES string of the molecule is Cc1cc2c(cnn2C2CCCCO2)c(-c2nn(C3CCCCO3)c3c4c(OCc5ccccc5)nc(OC[C@@]56CCCN5C[C@H](F)C6)nc4n(C)c23)c1C(F)(F)F. The highest BCUT2D eigenvalue weighted by atomic mass is 19.4. The van der Waals surface area contributed by atoms with Crippen molar-refractivity contribution in [1.82, 2.24) is 39.0 Å². The minimum atomic E-state index is -4.73. The number of benzene rings is 2. The average molecular weight is 803 g/mol. The molecule has 4 atom stereocenters. The molecule has 0 radical (unpaired) electrons. The van der Waals surface area contributed by atoms with Gasteiger partial charge in [-0.05, 0) is 82.0 Å². The molecule has 2 aromatic carbocycles. The summed E-state index contributed by atoms with van der Waals surface area (Å²) in [7, 11) is 1.77. The van der Waals surface area contributed by atoms with E-state index in [-0.39, 0.29) is 41.9 Å². The number of nitrogens with zero attached hydrogens (tertiary/aromatic N) is 8. The summed E-state index contributed by atoms with van der Waals surface area (Å²) in [5, 5.41) is 10.5. The van der Waals surface area contributed by atoms with Crippen LogP contribution in [0.3, 0.4) is 0 Å². The van der Waals surface area contributed by atoms with Crippen LogP contribution in [0.4, 0.5) is 17.6 Å². The van der Waals surface area contributed by atoms with Crippen LogP contribution in [0, 0.1) is 6.92 Å². The van der Waals surface area contributed by atoms with Crippen LogP contribution in [-0.4, -0.2) is 83.6 Å². The predicted octanol–water partition coefficient (Wildman–Crippen LogP) is 8.59. The maximum atomic E-state index is 15.5. The van der Waals surface area contributed by atoms with Crippen molar-refractivity contribution in [3.63, 3.8) is 0 Å². The molecule has 8 heterocycles. The molecule has 10 rings (SSSR count). The van der Waals surface area contributed by atoms with Crippen molar-refractivity contribution in [2.75, 3.05) is 32.9 Å². The summed E-state index contributed by atoms with van der Waals surface area (Å²) in [5.74, 6) is 0.196. The Morgan fingerprint density at radius 2 is 1.69 bits per heavy atom. The first-order valence-corrected chi connectivity index (χ1v) is 20.4. The molecule has 4 aliphatic heterocycles. The zero-order valence-corrected chi connectivity index (χ0v) is 32.6. The number of aryl methyl sites for hydroxylation is 2. The third-order valence-corrected chi connectivity index (χ3v) is 12.5. The van der Waals surface area contributed by atoms with E-state index in [0.29, 0.717) is 72.0 Å². The van der Waals surface area contributed by atoms with Gasteiger partial charge in [-0.2, -0.15) is 33.3 Å². The van der Waals surface area contributed by atoms with Gasteiger partial charge in [-0.25, -0.2) is 13.8 Å². The molecule has 0 aliphatic carbocycles. The van der Waals surface area contributed by atoms with Gasteiger partial charge in [-0.3, -0.25) is 4.90 Å². The summed E-state index contributed by atoms with van der Waals surface area (Å²) < 4.78 is 91.5. The van der Waals surface area contributed by atoms with Gasteiger partial charge >= 0.3 is 12.2 Å². The van der Waals surface area contributed by atoms with Gasteiger partial charge in [0.2, 0.25) is 5.88 Å². The Labute approximate surface area is 332 Å². The van der Waals surface area contributed by atoms with E-state index in [2.05, 4.69) is 10.00 Å². The molecular formula is C42H46F4N8O4. The fraction of sp³-hybridized carbons (Fsp3) is 0.524. The van der Waals surface area contributed by atoms with Crippen LogP contribution in [-0.2, 0) is 29.3 Å². The lowest BCUT2D eigenvalue weighted by atomic mass is 9.94. The zero-order valence-electron chi connectivity index (χ0n) is 32.6. The van der Waals surface area contributed by atoms with Crippen molar-refractivity contribution in [1.29, 1.82) is 0 Å². The summed E-state index contributed by atoms with van der Waals surface area (Å²) in [4.78, 5) is 11.9. The number of rotatable bonds is 9. The van der Waals surface area contributed by atoms with E-state index in [1.807, 2.05) is 30.3 Å². The standard InChI is InChI=1S/C42H46F4N8O4/c1-25-19-29-28(21-47-53(29)30-13-6-8-17-55-30)32(34(25)42(44,45)46)35-37-36(54(50-35)31-14-7-9-18-56-31)33-38(51(37)2)48-40(49-39(33)57-23-26-11-4-3-5-12-26)58-24-41-15-10-16-52(41)22-27(43)20-41/h3-5,11-12,19,21,27,30-31H,6-10,13-18,20,22-24H2,1-2H3/t27-,30?,31?,41+/m1/s1. The number of hydrogen-bond acceptors (Lipinski definition) is 9.